The fourth-order valence-corrected chi connectivity index (χ4v) is 1.88. The summed E-state index contributed by atoms with van der Waals surface area (Å²) < 4.78 is 0. The molecule has 1 aromatic rings. The molecule has 0 aliphatic heterocycles. The molecular formula is C19H33N3O. The first kappa shape index (κ1) is 21.2. The molecule has 0 spiro atoms. The molecule has 1 rings (SSSR count). The lowest BCUT2D eigenvalue weighted by atomic mass is 10.1. The number of carbonyl (C=O) groups excluding carboxylic acids is 1. The Morgan fingerprint density at radius 2 is 1.78 bits per heavy atom. The van der Waals surface area contributed by atoms with Gasteiger partial charge < -0.3 is 16.0 Å². The number of likely N-dealkylation sites (N-methyl/N-ethyl adjacent to an activating group) is 1. The summed E-state index contributed by atoms with van der Waals surface area (Å²) in [5, 5.41) is 2.96. The van der Waals surface area contributed by atoms with Crippen molar-refractivity contribution >= 4 is 5.91 Å². The predicted octanol–water partition coefficient (Wildman–Crippen LogP) is 3.33. The van der Waals surface area contributed by atoms with Gasteiger partial charge in [-0.3, -0.25) is 4.79 Å². The van der Waals surface area contributed by atoms with E-state index < -0.39 is 0 Å². The molecule has 0 bridgehead atoms. The van der Waals surface area contributed by atoms with E-state index in [4.69, 9.17) is 5.73 Å². The van der Waals surface area contributed by atoms with Gasteiger partial charge in [-0.15, -0.1) is 0 Å². The monoisotopic (exact) mass is 319 g/mol. The van der Waals surface area contributed by atoms with Gasteiger partial charge in [0.25, 0.3) is 5.91 Å². The van der Waals surface area contributed by atoms with Gasteiger partial charge in [0.1, 0.15) is 0 Å². The molecule has 0 heterocycles. The van der Waals surface area contributed by atoms with Crippen LogP contribution >= 0.6 is 0 Å². The quantitative estimate of drug-likeness (QED) is 0.810. The first-order chi connectivity index (χ1) is 10.9. The number of nitrogens with two attached hydrogens (primary N) is 1. The zero-order valence-electron chi connectivity index (χ0n) is 15.4. The summed E-state index contributed by atoms with van der Waals surface area (Å²) in [5.41, 5.74) is 7.94. The topological polar surface area (TPSA) is 58.4 Å². The number of carbonyl (C=O) groups is 1. The standard InChI is InChI=1S/C15H24N2O.C4H9N/c1-4-11-17(5-2)12-10-16-15(18)14-8-6-13(3)7-9-14;1-3-4(2)5/h6-9H,4-5,10-12H2,1-3H3,(H,16,18);3H,5H2,1-2H3/b;4-3+. The van der Waals surface area contributed by atoms with E-state index in [1.165, 1.54) is 5.56 Å². The van der Waals surface area contributed by atoms with Crippen LogP contribution in [0.25, 0.3) is 0 Å². The molecule has 0 aliphatic rings. The molecule has 0 unspecified atom stereocenters. The van der Waals surface area contributed by atoms with E-state index >= 15 is 0 Å². The summed E-state index contributed by atoms with van der Waals surface area (Å²) in [5.74, 6) is 0.0163. The van der Waals surface area contributed by atoms with Crippen molar-refractivity contribution in [2.24, 2.45) is 5.73 Å². The number of nitrogens with one attached hydrogen (secondary N) is 1. The molecule has 4 heteroatoms. The molecule has 0 saturated carbocycles. The molecule has 3 N–H and O–H groups in total. The maximum atomic E-state index is 11.9. The van der Waals surface area contributed by atoms with E-state index in [1.807, 2.05) is 51.1 Å². The van der Waals surface area contributed by atoms with E-state index in [0.29, 0.717) is 6.54 Å². The van der Waals surface area contributed by atoms with Crippen molar-refractivity contribution in [3.63, 3.8) is 0 Å². The molecule has 23 heavy (non-hydrogen) atoms. The number of hydrogen-bond acceptors (Lipinski definition) is 3. The van der Waals surface area contributed by atoms with Crippen LogP contribution in [0.4, 0.5) is 0 Å². The fraction of sp³-hybridized carbons (Fsp3) is 0.526. The average molecular weight is 319 g/mol. The maximum absolute atomic E-state index is 11.9. The summed E-state index contributed by atoms with van der Waals surface area (Å²) in [6.45, 7) is 13.9. The van der Waals surface area contributed by atoms with E-state index in [2.05, 4.69) is 24.1 Å². The highest BCUT2D eigenvalue weighted by atomic mass is 16.1. The van der Waals surface area contributed by atoms with Gasteiger partial charge in [-0.1, -0.05) is 37.6 Å². The molecule has 0 fully saturated rings. The van der Waals surface area contributed by atoms with Crippen LogP contribution in [0.1, 0.15) is 50.0 Å². The number of aryl methyl sites for hydroxylation is 1. The highest BCUT2D eigenvalue weighted by Crippen LogP contribution is 2.02. The normalized spacial score (nSPS) is 11.0. The van der Waals surface area contributed by atoms with Crippen LogP contribution in [0.15, 0.2) is 36.0 Å². The third kappa shape index (κ3) is 10.5. The molecular weight excluding hydrogens is 286 g/mol. The van der Waals surface area contributed by atoms with Crippen molar-refractivity contribution in [2.75, 3.05) is 26.2 Å². The van der Waals surface area contributed by atoms with E-state index in [1.54, 1.807) is 0 Å². The fourth-order valence-electron chi connectivity index (χ4n) is 1.88. The minimum Gasteiger partial charge on any atom is -0.403 e. The van der Waals surface area contributed by atoms with Gasteiger partial charge in [0, 0.05) is 24.4 Å². The van der Waals surface area contributed by atoms with E-state index in [-0.39, 0.29) is 5.91 Å². The van der Waals surface area contributed by atoms with Crippen molar-refractivity contribution in [1.82, 2.24) is 10.2 Å². The van der Waals surface area contributed by atoms with Gasteiger partial charge in [-0.25, -0.2) is 0 Å². The summed E-state index contributed by atoms with van der Waals surface area (Å²) in [4.78, 5) is 14.2. The largest absolute Gasteiger partial charge is 0.403 e. The van der Waals surface area contributed by atoms with Crippen molar-refractivity contribution in [3.05, 3.63) is 47.2 Å². The van der Waals surface area contributed by atoms with Gasteiger partial charge in [0.05, 0.1) is 0 Å². The Kier molecular flexibility index (Phi) is 11.7. The van der Waals surface area contributed by atoms with Gasteiger partial charge in [-0.2, -0.15) is 0 Å². The Bertz CT molecular complexity index is 462. The minimum absolute atomic E-state index is 0.0163. The van der Waals surface area contributed by atoms with Crippen molar-refractivity contribution in [2.45, 2.75) is 41.0 Å². The Labute approximate surface area is 141 Å². The first-order valence-corrected chi connectivity index (χ1v) is 8.40. The second-order valence-electron chi connectivity index (χ2n) is 5.59. The predicted molar refractivity (Wildman–Crippen MR) is 99.5 cm³/mol. The maximum Gasteiger partial charge on any atom is 0.251 e. The lowest BCUT2D eigenvalue weighted by Crippen LogP contribution is -2.35. The molecule has 4 nitrogen and oxygen atoms in total. The molecule has 0 aliphatic carbocycles. The Morgan fingerprint density at radius 3 is 2.22 bits per heavy atom. The Balaban J connectivity index is 0.000000841. The summed E-state index contributed by atoms with van der Waals surface area (Å²) in [6.07, 6.45) is 3.01. The highest BCUT2D eigenvalue weighted by Gasteiger charge is 2.05. The molecule has 0 aromatic heterocycles. The SMILES string of the molecule is C/C=C(\C)N.CCCN(CC)CCNC(=O)c1ccc(C)cc1. The van der Waals surface area contributed by atoms with Crippen LogP contribution in [0.2, 0.25) is 0 Å². The number of rotatable bonds is 7. The van der Waals surface area contributed by atoms with Crippen LogP contribution in [0.5, 0.6) is 0 Å². The van der Waals surface area contributed by atoms with Crippen LogP contribution in [-0.4, -0.2) is 37.0 Å². The molecule has 0 radical (unpaired) electrons. The third-order valence-corrected chi connectivity index (χ3v) is 3.47. The minimum atomic E-state index is 0.0163. The van der Waals surface area contributed by atoms with Gasteiger partial charge >= 0.3 is 0 Å². The summed E-state index contributed by atoms with van der Waals surface area (Å²) in [7, 11) is 0. The zero-order valence-corrected chi connectivity index (χ0v) is 15.4. The zero-order chi connectivity index (χ0) is 17.7. The smallest absolute Gasteiger partial charge is 0.251 e. The number of hydrogen-bond donors (Lipinski definition) is 2. The number of nitrogens with zero attached hydrogens (tertiary/aromatic N) is 1. The van der Waals surface area contributed by atoms with E-state index in [9.17, 15) is 4.79 Å². The third-order valence-electron chi connectivity index (χ3n) is 3.47. The second kappa shape index (κ2) is 12.7. The van der Waals surface area contributed by atoms with E-state index in [0.717, 1.165) is 37.3 Å². The molecule has 1 amide bonds. The Morgan fingerprint density at radius 1 is 1.22 bits per heavy atom. The molecule has 130 valence electrons. The summed E-state index contributed by atoms with van der Waals surface area (Å²) >= 11 is 0. The highest BCUT2D eigenvalue weighted by molar-refractivity contribution is 5.94. The number of amides is 1. The first-order valence-electron chi connectivity index (χ1n) is 8.40. The van der Waals surface area contributed by atoms with Crippen molar-refractivity contribution in [1.29, 1.82) is 0 Å². The lowest BCUT2D eigenvalue weighted by Gasteiger charge is -2.19. The molecule has 0 atom stereocenters. The second-order valence-corrected chi connectivity index (χ2v) is 5.59. The van der Waals surface area contributed by atoms with Crippen LogP contribution in [-0.2, 0) is 0 Å². The molecule has 0 saturated heterocycles. The number of benzene rings is 1. The van der Waals surface area contributed by atoms with Crippen LogP contribution < -0.4 is 11.1 Å². The van der Waals surface area contributed by atoms with Crippen LogP contribution in [0.3, 0.4) is 0 Å². The average Bonchev–Trinajstić information content (AvgIpc) is 2.55. The Hall–Kier alpha value is -1.81. The van der Waals surface area contributed by atoms with Crippen molar-refractivity contribution in [3.8, 4) is 0 Å². The van der Waals surface area contributed by atoms with Crippen LogP contribution in [0, 0.1) is 6.92 Å². The van der Waals surface area contributed by atoms with Gasteiger partial charge in [0.2, 0.25) is 0 Å². The number of allylic oxidation sites excluding steroid dienone is 2. The van der Waals surface area contributed by atoms with Gasteiger partial charge in [0.15, 0.2) is 0 Å². The van der Waals surface area contributed by atoms with Crippen molar-refractivity contribution < 1.29 is 4.79 Å². The lowest BCUT2D eigenvalue weighted by molar-refractivity contribution is 0.0948. The summed E-state index contributed by atoms with van der Waals surface area (Å²) in [6, 6.07) is 7.66. The van der Waals surface area contributed by atoms with Gasteiger partial charge in [-0.05, 0) is 52.4 Å². The molecule has 1 aromatic carbocycles.